The van der Waals surface area contributed by atoms with Crippen molar-refractivity contribution in [1.82, 2.24) is 0 Å². The van der Waals surface area contributed by atoms with Crippen LogP contribution >= 0.6 is 0 Å². The minimum atomic E-state index is -0.629. The molecular formula is C18H14O4. The van der Waals surface area contributed by atoms with Crippen molar-refractivity contribution in [1.29, 1.82) is 0 Å². The third-order valence-electron chi connectivity index (χ3n) is 3.33. The van der Waals surface area contributed by atoms with Gasteiger partial charge in [0.1, 0.15) is 11.3 Å². The van der Waals surface area contributed by atoms with Crippen molar-refractivity contribution >= 4 is 16.8 Å². The van der Waals surface area contributed by atoms with Crippen LogP contribution in [0, 0.1) is 0 Å². The molecule has 3 rings (SSSR count). The first-order chi connectivity index (χ1) is 10.6. The predicted octanol–water partition coefficient (Wildman–Crippen LogP) is 3.44. The Kier molecular flexibility index (Phi) is 3.74. The van der Waals surface area contributed by atoms with Gasteiger partial charge in [-0.3, -0.25) is 4.79 Å². The summed E-state index contributed by atoms with van der Waals surface area (Å²) in [4.78, 5) is 23.5. The zero-order valence-corrected chi connectivity index (χ0v) is 12.0. The molecule has 0 spiro atoms. The molecule has 0 saturated heterocycles. The molecule has 0 fully saturated rings. The average Bonchev–Trinajstić information content (AvgIpc) is 2.54. The summed E-state index contributed by atoms with van der Waals surface area (Å²) in [6, 6.07) is 17.2. The van der Waals surface area contributed by atoms with Crippen LogP contribution in [0.1, 0.15) is 17.3 Å². The highest BCUT2D eigenvalue weighted by Gasteiger charge is 2.16. The Hall–Kier alpha value is -2.88. The molecule has 0 aliphatic carbocycles. The van der Waals surface area contributed by atoms with Crippen molar-refractivity contribution < 1.29 is 13.9 Å². The Bertz CT molecular complexity index is 865. The summed E-state index contributed by atoms with van der Waals surface area (Å²) in [5.41, 5.74) is 0.616. The van der Waals surface area contributed by atoms with Crippen LogP contribution in [0.5, 0.6) is 5.75 Å². The first kappa shape index (κ1) is 14.1. The molecule has 1 atom stereocenters. The maximum atomic E-state index is 12.3. The lowest BCUT2D eigenvalue weighted by molar-refractivity contribution is 0.0818. The number of ether oxygens (including phenoxy) is 1. The highest BCUT2D eigenvalue weighted by atomic mass is 16.5. The van der Waals surface area contributed by atoms with Gasteiger partial charge in [0.15, 0.2) is 6.10 Å². The molecular weight excluding hydrogens is 280 g/mol. The van der Waals surface area contributed by atoms with Gasteiger partial charge in [-0.1, -0.05) is 30.3 Å². The van der Waals surface area contributed by atoms with Crippen molar-refractivity contribution in [2.45, 2.75) is 13.0 Å². The van der Waals surface area contributed by atoms with E-state index in [1.807, 2.05) is 18.2 Å². The number of fused-ring (bicyclic) bond motifs is 1. The van der Waals surface area contributed by atoms with E-state index in [9.17, 15) is 9.59 Å². The number of carbonyl (C=O) groups is 1. The van der Waals surface area contributed by atoms with E-state index in [0.29, 0.717) is 16.9 Å². The average molecular weight is 294 g/mol. The molecule has 0 bridgehead atoms. The van der Waals surface area contributed by atoms with E-state index in [2.05, 4.69) is 0 Å². The standard InChI is InChI=1S/C18H14O4/c1-12(18(20)14-5-3-2-4-6-14)21-15-9-7-13-8-10-17(19)22-16(13)11-15/h2-12H,1H3/t12-/m1/s1. The SMILES string of the molecule is C[C@@H](Oc1ccc2ccc(=O)oc2c1)C(=O)c1ccccc1. The van der Waals surface area contributed by atoms with Crippen LogP contribution in [0.15, 0.2) is 69.9 Å². The zero-order valence-electron chi connectivity index (χ0n) is 12.0. The van der Waals surface area contributed by atoms with E-state index in [1.165, 1.54) is 6.07 Å². The maximum absolute atomic E-state index is 12.3. The number of Topliss-reactive ketones (excluding diaryl/α,β-unsaturated/α-hetero) is 1. The number of carbonyl (C=O) groups excluding carboxylic acids is 1. The third-order valence-corrected chi connectivity index (χ3v) is 3.33. The van der Waals surface area contributed by atoms with Crippen molar-refractivity contribution in [2.75, 3.05) is 0 Å². The van der Waals surface area contributed by atoms with Crippen LogP contribution in [-0.2, 0) is 0 Å². The molecule has 2 aromatic carbocycles. The fraction of sp³-hybridized carbons (Fsp3) is 0.111. The van der Waals surface area contributed by atoms with E-state index in [4.69, 9.17) is 9.15 Å². The quantitative estimate of drug-likeness (QED) is 0.546. The summed E-state index contributed by atoms with van der Waals surface area (Å²) in [5.74, 6) is 0.383. The molecule has 4 nitrogen and oxygen atoms in total. The summed E-state index contributed by atoms with van der Waals surface area (Å²) in [6.45, 7) is 1.70. The predicted molar refractivity (Wildman–Crippen MR) is 83.3 cm³/mol. The highest BCUT2D eigenvalue weighted by molar-refractivity contribution is 5.99. The van der Waals surface area contributed by atoms with Gasteiger partial charge in [-0.2, -0.15) is 0 Å². The molecule has 0 aliphatic heterocycles. The minimum Gasteiger partial charge on any atom is -0.482 e. The van der Waals surface area contributed by atoms with Crippen LogP contribution in [0.4, 0.5) is 0 Å². The topological polar surface area (TPSA) is 56.5 Å². The number of ketones is 1. The first-order valence-corrected chi connectivity index (χ1v) is 6.93. The Morgan fingerprint density at radius 3 is 2.55 bits per heavy atom. The number of benzene rings is 2. The molecule has 0 saturated carbocycles. The van der Waals surface area contributed by atoms with Gasteiger partial charge in [-0.15, -0.1) is 0 Å². The summed E-state index contributed by atoms with van der Waals surface area (Å²) in [7, 11) is 0. The smallest absolute Gasteiger partial charge is 0.336 e. The van der Waals surface area contributed by atoms with Crippen LogP contribution in [0.3, 0.4) is 0 Å². The van der Waals surface area contributed by atoms with Gasteiger partial charge >= 0.3 is 5.63 Å². The van der Waals surface area contributed by atoms with Crippen LogP contribution in [-0.4, -0.2) is 11.9 Å². The summed E-state index contributed by atoms with van der Waals surface area (Å²) in [5, 5.41) is 0.800. The Balaban J connectivity index is 1.83. The molecule has 3 aromatic rings. The summed E-state index contributed by atoms with van der Waals surface area (Å²) >= 11 is 0. The zero-order chi connectivity index (χ0) is 15.5. The lowest BCUT2D eigenvalue weighted by atomic mass is 10.1. The first-order valence-electron chi connectivity index (χ1n) is 6.93. The normalized spacial score (nSPS) is 12.0. The second-order valence-electron chi connectivity index (χ2n) is 4.94. The maximum Gasteiger partial charge on any atom is 0.336 e. The molecule has 1 aromatic heterocycles. The lowest BCUT2D eigenvalue weighted by Crippen LogP contribution is -2.23. The lowest BCUT2D eigenvalue weighted by Gasteiger charge is -2.14. The third kappa shape index (κ3) is 2.91. The molecule has 0 aliphatic rings. The molecule has 0 N–H and O–H groups in total. The van der Waals surface area contributed by atoms with Crippen molar-refractivity contribution in [3.63, 3.8) is 0 Å². The van der Waals surface area contributed by atoms with Gasteiger partial charge in [0.2, 0.25) is 5.78 Å². The van der Waals surface area contributed by atoms with E-state index >= 15 is 0 Å². The fourth-order valence-corrected chi connectivity index (χ4v) is 2.21. The van der Waals surface area contributed by atoms with Gasteiger partial charge in [-0.05, 0) is 25.1 Å². The van der Waals surface area contributed by atoms with E-state index < -0.39 is 11.7 Å². The van der Waals surface area contributed by atoms with E-state index in [1.54, 1.807) is 43.3 Å². The van der Waals surface area contributed by atoms with Gasteiger partial charge < -0.3 is 9.15 Å². The number of rotatable bonds is 4. The van der Waals surface area contributed by atoms with Gasteiger partial charge in [0.05, 0.1) is 0 Å². The molecule has 0 radical (unpaired) electrons. The van der Waals surface area contributed by atoms with Crippen LogP contribution < -0.4 is 10.4 Å². The van der Waals surface area contributed by atoms with Gasteiger partial charge in [0, 0.05) is 23.1 Å². The fourth-order valence-electron chi connectivity index (χ4n) is 2.21. The molecule has 4 heteroatoms. The summed E-state index contributed by atoms with van der Waals surface area (Å²) in [6.07, 6.45) is -0.629. The number of hydrogen-bond donors (Lipinski definition) is 0. The summed E-state index contributed by atoms with van der Waals surface area (Å²) < 4.78 is 10.8. The molecule has 22 heavy (non-hydrogen) atoms. The second kappa shape index (κ2) is 5.85. The molecule has 110 valence electrons. The second-order valence-corrected chi connectivity index (χ2v) is 4.94. The minimum absolute atomic E-state index is 0.102. The molecule has 0 unspecified atom stereocenters. The van der Waals surface area contributed by atoms with Gasteiger partial charge in [0.25, 0.3) is 0 Å². The molecule has 1 heterocycles. The largest absolute Gasteiger partial charge is 0.482 e. The monoisotopic (exact) mass is 294 g/mol. The number of hydrogen-bond acceptors (Lipinski definition) is 4. The van der Waals surface area contributed by atoms with Gasteiger partial charge in [-0.25, -0.2) is 4.79 Å². The Labute approximate surface area is 127 Å². The molecule has 0 amide bonds. The van der Waals surface area contributed by atoms with Crippen molar-refractivity contribution in [3.8, 4) is 5.75 Å². The van der Waals surface area contributed by atoms with Crippen LogP contribution in [0.25, 0.3) is 11.0 Å². The Morgan fingerprint density at radius 2 is 1.77 bits per heavy atom. The van der Waals surface area contributed by atoms with E-state index in [-0.39, 0.29) is 5.78 Å². The van der Waals surface area contributed by atoms with Crippen molar-refractivity contribution in [2.24, 2.45) is 0 Å². The van der Waals surface area contributed by atoms with Crippen LogP contribution in [0.2, 0.25) is 0 Å². The van der Waals surface area contributed by atoms with Crippen molar-refractivity contribution in [3.05, 3.63) is 76.6 Å². The Morgan fingerprint density at radius 1 is 1.05 bits per heavy atom. The highest BCUT2D eigenvalue weighted by Crippen LogP contribution is 2.21. The van der Waals surface area contributed by atoms with E-state index in [0.717, 1.165) is 5.39 Å².